The largest absolute Gasteiger partial charge is 0.463 e. The highest BCUT2D eigenvalue weighted by molar-refractivity contribution is 5.66. The second-order valence-electron chi connectivity index (χ2n) is 5.03. The van der Waals surface area contributed by atoms with Gasteiger partial charge >= 0.3 is 5.97 Å². The third-order valence-electron chi connectivity index (χ3n) is 3.28. The first-order chi connectivity index (χ1) is 10.4. The smallest absolute Gasteiger partial charge is 0.302 e. The first-order valence-corrected chi connectivity index (χ1v) is 6.99. The Kier molecular flexibility index (Phi) is 4.62. The molecule has 3 N–H and O–H groups in total. The number of carbonyl (C=O) groups is 1. The second kappa shape index (κ2) is 6.29. The number of ether oxygens (including phenoxy) is 2. The molecule has 0 bridgehead atoms. The first kappa shape index (κ1) is 16.2. The van der Waals surface area contributed by atoms with Crippen molar-refractivity contribution in [1.29, 1.82) is 0 Å². The van der Waals surface area contributed by atoms with Crippen LogP contribution in [0.15, 0.2) is 18.5 Å². The zero-order valence-corrected chi connectivity index (χ0v) is 12.8. The Bertz CT molecular complexity index is 672. The van der Waals surface area contributed by atoms with Crippen LogP contribution in [-0.4, -0.2) is 38.4 Å². The number of anilines is 1. The number of hydrogen-bond donors (Lipinski definition) is 2. The van der Waals surface area contributed by atoms with E-state index < -0.39 is 17.9 Å². The molecule has 2 atom stereocenters. The van der Waals surface area contributed by atoms with E-state index in [0.29, 0.717) is 17.0 Å². The van der Waals surface area contributed by atoms with Crippen LogP contribution < -0.4 is 5.73 Å². The molecule has 0 radical (unpaired) electrons. The van der Waals surface area contributed by atoms with Gasteiger partial charge in [0.2, 0.25) is 5.79 Å². The Morgan fingerprint density at radius 2 is 2.27 bits per heavy atom. The first-order valence-electron chi connectivity index (χ1n) is 6.99. The zero-order chi connectivity index (χ0) is 16.3. The Labute approximate surface area is 127 Å². The normalized spacial score (nSPS) is 15.5. The van der Waals surface area contributed by atoms with Crippen molar-refractivity contribution < 1.29 is 19.4 Å². The summed E-state index contributed by atoms with van der Waals surface area (Å²) >= 11 is 0. The molecule has 0 aliphatic carbocycles. The van der Waals surface area contributed by atoms with Gasteiger partial charge in [-0.1, -0.05) is 6.92 Å². The van der Waals surface area contributed by atoms with Gasteiger partial charge in [0, 0.05) is 13.3 Å². The molecule has 2 aromatic rings. The minimum atomic E-state index is -1.58. The number of nitrogens with zero attached hydrogens (tertiary/aromatic N) is 3. The Hall–Kier alpha value is -2.19. The van der Waals surface area contributed by atoms with Crippen LogP contribution in [0.1, 0.15) is 32.9 Å². The molecule has 0 aromatic carbocycles. The van der Waals surface area contributed by atoms with Crippen molar-refractivity contribution in [1.82, 2.24) is 14.6 Å². The van der Waals surface area contributed by atoms with Gasteiger partial charge in [-0.25, -0.2) is 9.50 Å². The zero-order valence-electron chi connectivity index (χ0n) is 12.8. The van der Waals surface area contributed by atoms with E-state index in [-0.39, 0.29) is 13.0 Å². The van der Waals surface area contributed by atoms with E-state index in [1.165, 1.54) is 17.8 Å². The van der Waals surface area contributed by atoms with Crippen LogP contribution in [0.3, 0.4) is 0 Å². The number of rotatable bonds is 6. The lowest BCUT2D eigenvalue weighted by Gasteiger charge is -2.29. The monoisotopic (exact) mass is 308 g/mol. The van der Waals surface area contributed by atoms with Crippen molar-refractivity contribution in [3.63, 3.8) is 0 Å². The molecule has 0 aliphatic rings. The quantitative estimate of drug-likeness (QED) is 0.600. The molecule has 22 heavy (non-hydrogen) atoms. The summed E-state index contributed by atoms with van der Waals surface area (Å²) in [5, 5.41) is 14.9. The van der Waals surface area contributed by atoms with E-state index in [9.17, 15) is 9.90 Å². The summed E-state index contributed by atoms with van der Waals surface area (Å²) in [6.07, 6.45) is 1.11. The summed E-state index contributed by atoms with van der Waals surface area (Å²) in [5.41, 5.74) is 6.81. The van der Waals surface area contributed by atoms with Crippen LogP contribution in [0.25, 0.3) is 5.52 Å². The maximum Gasteiger partial charge on any atom is 0.302 e. The SMILES string of the molecule is CCC(O)(OC(C)COC(C)=O)c1ccc2c(N)ncnn12. The molecular formula is C14H20N4O4. The molecule has 2 unspecified atom stereocenters. The summed E-state index contributed by atoms with van der Waals surface area (Å²) < 4.78 is 12.1. The Morgan fingerprint density at radius 3 is 2.91 bits per heavy atom. The number of nitrogen functional groups attached to an aromatic ring is 1. The van der Waals surface area contributed by atoms with E-state index in [1.54, 1.807) is 26.0 Å². The highest BCUT2D eigenvalue weighted by atomic mass is 16.6. The predicted octanol–water partition coefficient (Wildman–Crippen LogP) is 0.835. The average molecular weight is 308 g/mol. The van der Waals surface area contributed by atoms with E-state index in [1.807, 2.05) is 0 Å². The molecule has 8 nitrogen and oxygen atoms in total. The number of aromatic nitrogens is 3. The summed E-state index contributed by atoms with van der Waals surface area (Å²) in [5.74, 6) is -1.66. The molecule has 2 aromatic heterocycles. The lowest BCUT2D eigenvalue weighted by atomic mass is 10.1. The fourth-order valence-corrected chi connectivity index (χ4v) is 2.17. The second-order valence-corrected chi connectivity index (χ2v) is 5.03. The van der Waals surface area contributed by atoms with Crippen LogP contribution in [0.4, 0.5) is 5.82 Å². The van der Waals surface area contributed by atoms with Gasteiger partial charge in [0.1, 0.15) is 24.1 Å². The van der Waals surface area contributed by atoms with E-state index in [4.69, 9.17) is 15.2 Å². The van der Waals surface area contributed by atoms with Gasteiger partial charge in [0.25, 0.3) is 0 Å². The van der Waals surface area contributed by atoms with Gasteiger partial charge in [-0.2, -0.15) is 5.10 Å². The lowest BCUT2D eigenvalue weighted by Crippen LogP contribution is -2.36. The van der Waals surface area contributed by atoms with Crippen molar-refractivity contribution in [3.8, 4) is 0 Å². The molecular weight excluding hydrogens is 288 g/mol. The molecule has 2 rings (SSSR count). The van der Waals surface area contributed by atoms with Gasteiger partial charge in [-0.05, 0) is 19.1 Å². The van der Waals surface area contributed by atoms with Crippen molar-refractivity contribution in [2.24, 2.45) is 0 Å². The summed E-state index contributed by atoms with van der Waals surface area (Å²) in [4.78, 5) is 14.8. The van der Waals surface area contributed by atoms with Gasteiger partial charge in [-0.3, -0.25) is 4.79 Å². The molecule has 0 spiro atoms. The molecule has 8 heteroatoms. The van der Waals surface area contributed by atoms with Crippen molar-refractivity contribution >= 4 is 17.3 Å². The molecule has 0 amide bonds. The molecule has 0 saturated carbocycles. The number of carbonyl (C=O) groups excluding carboxylic acids is 1. The van der Waals surface area contributed by atoms with Gasteiger partial charge in [-0.15, -0.1) is 0 Å². The van der Waals surface area contributed by atoms with Crippen LogP contribution in [0.2, 0.25) is 0 Å². The number of hydrogen-bond acceptors (Lipinski definition) is 7. The lowest BCUT2D eigenvalue weighted by molar-refractivity contribution is -0.247. The van der Waals surface area contributed by atoms with Gasteiger partial charge < -0.3 is 20.3 Å². The van der Waals surface area contributed by atoms with Crippen molar-refractivity contribution in [2.45, 2.75) is 39.1 Å². The molecule has 0 saturated heterocycles. The Morgan fingerprint density at radius 1 is 1.55 bits per heavy atom. The number of esters is 1. The number of fused-ring (bicyclic) bond motifs is 1. The third-order valence-corrected chi connectivity index (χ3v) is 3.28. The maximum atomic E-state index is 10.8. The fraction of sp³-hybridized carbons (Fsp3) is 0.500. The van der Waals surface area contributed by atoms with E-state index >= 15 is 0 Å². The van der Waals surface area contributed by atoms with E-state index in [0.717, 1.165) is 0 Å². The maximum absolute atomic E-state index is 10.8. The van der Waals surface area contributed by atoms with Crippen LogP contribution >= 0.6 is 0 Å². The summed E-state index contributed by atoms with van der Waals surface area (Å²) in [7, 11) is 0. The highest BCUT2D eigenvalue weighted by Crippen LogP contribution is 2.30. The van der Waals surface area contributed by atoms with Crippen LogP contribution in [-0.2, 0) is 20.1 Å². The molecule has 2 heterocycles. The Balaban J connectivity index is 2.28. The number of aliphatic hydroxyl groups is 1. The molecule has 0 fully saturated rings. The van der Waals surface area contributed by atoms with E-state index in [2.05, 4.69) is 10.1 Å². The topological polar surface area (TPSA) is 112 Å². The predicted molar refractivity (Wildman–Crippen MR) is 78.8 cm³/mol. The standard InChI is InChI=1S/C14H20N4O4/c1-4-14(20,22-9(2)7-21-10(3)19)12-6-5-11-13(15)16-8-17-18(11)12/h5-6,8-9,20H,4,7H2,1-3H3,(H2,15,16,17). The summed E-state index contributed by atoms with van der Waals surface area (Å²) in [6.45, 7) is 4.86. The highest BCUT2D eigenvalue weighted by Gasteiger charge is 2.34. The summed E-state index contributed by atoms with van der Waals surface area (Å²) in [6, 6.07) is 3.40. The fourth-order valence-electron chi connectivity index (χ4n) is 2.17. The molecule has 120 valence electrons. The average Bonchev–Trinajstić information content (AvgIpc) is 2.91. The third kappa shape index (κ3) is 3.18. The van der Waals surface area contributed by atoms with Gasteiger partial charge in [0.05, 0.1) is 6.10 Å². The molecule has 0 aliphatic heterocycles. The van der Waals surface area contributed by atoms with Crippen molar-refractivity contribution in [2.75, 3.05) is 12.3 Å². The van der Waals surface area contributed by atoms with Crippen LogP contribution in [0.5, 0.6) is 0 Å². The van der Waals surface area contributed by atoms with Crippen molar-refractivity contribution in [3.05, 3.63) is 24.2 Å². The minimum Gasteiger partial charge on any atom is -0.463 e. The number of nitrogens with two attached hydrogens (primary N) is 1. The van der Waals surface area contributed by atoms with Crippen LogP contribution in [0, 0.1) is 0 Å². The minimum absolute atomic E-state index is 0.0536. The van der Waals surface area contributed by atoms with Gasteiger partial charge in [0.15, 0.2) is 5.82 Å².